The highest BCUT2D eigenvalue weighted by Crippen LogP contribution is 2.27. The zero-order valence-corrected chi connectivity index (χ0v) is 10.8. The van der Waals surface area contributed by atoms with Crippen LogP contribution < -0.4 is 5.32 Å². The van der Waals surface area contributed by atoms with Crippen LogP contribution in [0.2, 0.25) is 4.34 Å². The van der Waals surface area contributed by atoms with Crippen LogP contribution in [0, 0.1) is 0 Å². The van der Waals surface area contributed by atoms with E-state index in [0.29, 0.717) is 6.61 Å². The van der Waals surface area contributed by atoms with E-state index in [9.17, 15) is 0 Å². The Balaban J connectivity index is 2.54. The van der Waals surface area contributed by atoms with E-state index in [2.05, 4.69) is 18.3 Å². The van der Waals surface area contributed by atoms with E-state index in [0.717, 1.165) is 23.9 Å². The van der Waals surface area contributed by atoms with Crippen LogP contribution in [0.25, 0.3) is 0 Å². The molecule has 2 nitrogen and oxygen atoms in total. The maximum absolute atomic E-state index is 5.92. The minimum atomic E-state index is 0.280. The van der Waals surface area contributed by atoms with Crippen LogP contribution in [-0.2, 0) is 4.74 Å². The molecule has 0 radical (unpaired) electrons. The summed E-state index contributed by atoms with van der Waals surface area (Å²) >= 11 is 7.54. The van der Waals surface area contributed by atoms with Gasteiger partial charge in [0.05, 0.1) is 17.0 Å². The Labute approximate surface area is 101 Å². The molecule has 0 saturated heterocycles. The molecule has 15 heavy (non-hydrogen) atoms. The van der Waals surface area contributed by atoms with Gasteiger partial charge >= 0.3 is 0 Å². The van der Waals surface area contributed by atoms with Crippen molar-refractivity contribution in [1.29, 1.82) is 0 Å². The summed E-state index contributed by atoms with van der Waals surface area (Å²) in [5, 5.41) is 3.46. The number of ether oxygens (including phenoxy) is 1. The second kappa shape index (κ2) is 7.23. The predicted molar refractivity (Wildman–Crippen MR) is 66.9 cm³/mol. The third-order valence-corrected chi connectivity index (χ3v) is 3.41. The summed E-state index contributed by atoms with van der Waals surface area (Å²) in [6.07, 6.45) is 1.13. The summed E-state index contributed by atoms with van der Waals surface area (Å²) in [6, 6.07) is 4.29. The molecule has 86 valence electrons. The Morgan fingerprint density at radius 2 is 2.27 bits per heavy atom. The van der Waals surface area contributed by atoms with Gasteiger partial charge in [0.2, 0.25) is 0 Å². The Morgan fingerprint density at radius 1 is 1.47 bits per heavy atom. The quantitative estimate of drug-likeness (QED) is 0.797. The number of hydrogen-bond acceptors (Lipinski definition) is 3. The largest absolute Gasteiger partial charge is 0.380 e. The smallest absolute Gasteiger partial charge is 0.0931 e. The lowest BCUT2D eigenvalue weighted by molar-refractivity contribution is 0.124. The maximum Gasteiger partial charge on any atom is 0.0931 e. The molecule has 0 bridgehead atoms. The molecule has 1 aromatic rings. The molecule has 1 unspecified atom stereocenters. The van der Waals surface area contributed by atoms with E-state index in [-0.39, 0.29) is 6.04 Å². The molecule has 0 fully saturated rings. The molecule has 1 N–H and O–H groups in total. The van der Waals surface area contributed by atoms with Gasteiger partial charge in [0.1, 0.15) is 0 Å². The van der Waals surface area contributed by atoms with E-state index in [1.165, 1.54) is 4.88 Å². The molecule has 0 aromatic carbocycles. The van der Waals surface area contributed by atoms with Gasteiger partial charge in [-0.1, -0.05) is 18.5 Å². The first kappa shape index (κ1) is 13.0. The van der Waals surface area contributed by atoms with E-state index in [4.69, 9.17) is 16.3 Å². The number of rotatable bonds is 7. The van der Waals surface area contributed by atoms with E-state index >= 15 is 0 Å². The van der Waals surface area contributed by atoms with Gasteiger partial charge in [-0.25, -0.2) is 0 Å². The summed E-state index contributed by atoms with van der Waals surface area (Å²) in [7, 11) is 0. The number of hydrogen-bond donors (Lipinski definition) is 1. The first-order valence-electron chi connectivity index (χ1n) is 5.34. The first-order chi connectivity index (χ1) is 7.27. The number of nitrogens with one attached hydrogen (secondary N) is 1. The average Bonchev–Trinajstić information content (AvgIpc) is 2.65. The Morgan fingerprint density at radius 3 is 2.80 bits per heavy atom. The molecular weight excluding hydrogens is 230 g/mol. The topological polar surface area (TPSA) is 21.3 Å². The van der Waals surface area contributed by atoms with Gasteiger partial charge < -0.3 is 10.1 Å². The lowest BCUT2D eigenvalue weighted by Gasteiger charge is -2.16. The van der Waals surface area contributed by atoms with Crippen LogP contribution in [0.15, 0.2) is 12.1 Å². The van der Waals surface area contributed by atoms with Crippen molar-refractivity contribution in [1.82, 2.24) is 5.32 Å². The van der Waals surface area contributed by atoms with E-state index in [1.54, 1.807) is 11.3 Å². The molecule has 0 saturated carbocycles. The van der Waals surface area contributed by atoms with Crippen LogP contribution in [0.4, 0.5) is 0 Å². The monoisotopic (exact) mass is 247 g/mol. The molecular formula is C11H18ClNOS. The van der Waals surface area contributed by atoms with E-state index in [1.807, 2.05) is 13.0 Å². The van der Waals surface area contributed by atoms with Gasteiger partial charge in [-0.05, 0) is 32.0 Å². The van der Waals surface area contributed by atoms with Crippen LogP contribution in [-0.4, -0.2) is 19.8 Å². The Kier molecular flexibility index (Phi) is 6.25. The second-order valence-corrected chi connectivity index (χ2v) is 5.05. The fourth-order valence-electron chi connectivity index (χ4n) is 1.31. The summed E-state index contributed by atoms with van der Waals surface area (Å²) in [5.74, 6) is 0. The maximum atomic E-state index is 5.92. The molecule has 4 heteroatoms. The molecule has 1 rings (SSSR count). The fourth-order valence-corrected chi connectivity index (χ4v) is 2.43. The minimum Gasteiger partial charge on any atom is -0.380 e. The third kappa shape index (κ3) is 4.51. The van der Waals surface area contributed by atoms with Gasteiger partial charge in [-0.2, -0.15) is 0 Å². The summed E-state index contributed by atoms with van der Waals surface area (Å²) in [4.78, 5) is 1.25. The number of thiophene rings is 1. The van der Waals surface area contributed by atoms with Crippen molar-refractivity contribution in [3.63, 3.8) is 0 Å². The van der Waals surface area contributed by atoms with Crippen LogP contribution in [0.3, 0.4) is 0 Å². The highest BCUT2D eigenvalue weighted by molar-refractivity contribution is 7.16. The lowest BCUT2D eigenvalue weighted by atomic mass is 10.2. The van der Waals surface area contributed by atoms with Crippen molar-refractivity contribution >= 4 is 22.9 Å². The van der Waals surface area contributed by atoms with Gasteiger partial charge in [-0.15, -0.1) is 11.3 Å². The van der Waals surface area contributed by atoms with Gasteiger partial charge in [0.25, 0.3) is 0 Å². The minimum absolute atomic E-state index is 0.280. The summed E-state index contributed by atoms with van der Waals surface area (Å²) in [6.45, 7) is 6.65. The zero-order valence-electron chi connectivity index (χ0n) is 9.25. The molecule has 1 aromatic heterocycles. The third-order valence-electron chi connectivity index (χ3n) is 2.07. The van der Waals surface area contributed by atoms with Crippen LogP contribution in [0.1, 0.15) is 31.2 Å². The highest BCUT2D eigenvalue weighted by atomic mass is 35.5. The molecule has 0 aliphatic carbocycles. The number of halogens is 1. The summed E-state index contributed by atoms with van der Waals surface area (Å²) in [5.41, 5.74) is 0. The van der Waals surface area contributed by atoms with Gasteiger partial charge in [0, 0.05) is 11.5 Å². The van der Waals surface area contributed by atoms with E-state index < -0.39 is 0 Å². The second-order valence-electron chi connectivity index (χ2n) is 3.31. The highest BCUT2D eigenvalue weighted by Gasteiger charge is 2.12. The Bertz CT molecular complexity index is 269. The van der Waals surface area contributed by atoms with Crippen molar-refractivity contribution in [2.75, 3.05) is 19.8 Å². The fraction of sp³-hybridized carbons (Fsp3) is 0.636. The lowest BCUT2D eigenvalue weighted by Crippen LogP contribution is -2.25. The van der Waals surface area contributed by atoms with Crippen molar-refractivity contribution in [3.8, 4) is 0 Å². The molecule has 1 atom stereocenters. The average molecular weight is 248 g/mol. The molecule has 0 spiro atoms. The SMILES string of the molecule is CCCNC(COCC)c1ccc(Cl)s1. The van der Waals surface area contributed by atoms with Gasteiger partial charge in [-0.3, -0.25) is 0 Å². The molecule has 0 aliphatic rings. The van der Waals surface area contributed by atoms with Gasteiger partial charge in [0.15, 0.2) is 0 Å². The zero-order chi connectivity index (χ0) is 11.1. The Hall–Kier alpha value is -0.0900. The molecule has 0 amide bonds. The predicted octanol–water partition coefficient (Wildman–Crippen LogP) is 3.48. The standard InChI is InChI=1S/C11H18ClNOS/c1-3-7-13-9(8-14-4-2)10-5-6-11(12)15-10/h5-6,9,13H,3-4,7-8H2,1-2H3. The van der Waals surface area contributed by atoms with Crippen molar-refractivity contribution in [3.05, 3.63) is 21.3 Å². The molecule has 0 aliphatic heterocycles. The van der Waals surface area contributed by atoms with Crippen molar-refractivity contribution in [2.45, 2.75) is 26.3 Å². The first-order valence-corrected chi connectivity index (χ1v) is 6.53. The van der Waals surface area contributed by atoms with Crippen molar-refractivity contribution < 1.29 is 4.74 Å². The van der Waals surface area contributed by atoms with Crippen molar-refractivity contribution in [2.24, 2.45) is 0 Å². The summed E-state index contributed by atoms with van der Waals surface area (Å²) < 4.78 is 6.30. The van der Waals surface area contributed by atoms with Crippen LogP contribution >= 0.6 is 22.9 Å². The normalized spacial score (nSPS) is 13.0. The molecule has 1 heterocycles. The van der Waals surface area contributed by atoms with Crippen LogP contribution in [0.5, 0.6) is 0 Å².